The standard InChI is InChI=1S/C24H32ClF5N6O5/c1-12(40-13(2)24(28,29)30)18(33-21(38)41-22(3,4)5)15-8-36-17(32-15)7-14(19(25)34-36)16(9-39-6)35-11-23(26,27)10-31-20(35)37/h7-8,12-13,16,18H,9-11H2,1-6H3,(H,31,37)(H,33,38)/t12-,13+,16-,18+/m1/s1. The summed E-state index contributed by atoms with van der Waals surface area (Å²) in [6, 6.07) is -1.69. The number of amides is 3. The van der Waals surface area contributed by atoms with Gasteiger partial charge in [0.2, 0.25) is 0 Å². The molecule has 0 unspecified atom stereocenters. The van der Waals surface area contributed by atoms with E-state index < -0.39 is 67.2 Å². The van der Waals surface area contributed by atoms with Gasteiger partial charge in [-0.25, -0.2) is 27.9 Å². The molecule has 1 aliphatic heterocycles. The molecule has 3 rings (SSSR count). The number of nitrogens with one attached hydrogen (secondary N) is 2. The Morgan fingerprint density at radius 2 is 1.93 bits per heavy atom. The Morgan fingerprint density at radius 1 is 1.27 bits per heavy atom. The number of ether oxygens (including phenoxy) is 3. The number of alkyl carbamates (subject to hydrolysis) is 1. The van der Waals surface area contributed by atoms with Crippen LogP contribution in [0.25, 0.3) is 5.65 Å². The highest BCUT2D eigenvalue weighted by Gasteiger charge is 2.43. The van der Waals surface area contributed by atoms with Crippen LogP contribution < -0.4 is 10.6 Å². The summed E-state index contributed by atoms with van der Waals surface area (Å²) in [6.45, 7) is 5.05. The van der Waals surface area contributed by atoms with Crippen molar-refractivity contribution in [2.24, 2.45) is 0 Å². The van der Waals surface area contributed by atoms with Crippen LogP contribution in [0.3, 0.4) is 0 Å². The Kier molecular flexibility index (Phi) is 9.60. The molecule has 17 heteroatoms. The van der Waals surface area contributed by atoms with Gasteiger partial charge in [0.15, 0.2) is 16.9 Å². The third-order valence-corrected chi connectivity index (χ3v) is 6.31. The van der Waals surface area contributed by atoms with Gasteiger partial charge in [0.05, 0.1) is 43.7 Å². The highest BCUT2D eigenvalue weighted by Crippen LogP contribution is 2.33. The van der Waals surface area contributed by atoms with Crippen LogP contribution in [-0.4, -0.2) is 88.3 Å². The van der Waals surface area contributed by atoms with E-state index in [1.54, 1.807) is 20.8 Å². The zero-order valence-corrected chi connectivity index (χ0v) is 23.9. The molecule has 0 aliphatic carbocycles. The number of carbonyl (C=O) groups excluding carboxylic acids is 2. The Bertz CT molecular complexity index is 1250. The molecule has 230 valence electrons. The first-order valence-corrected chi connectivity index (χ1v) is 12.9. The number of carbonyl (C=O) groups is 2. The lowest BCUT2D eigenvalue weighted by Gasteiger charge is -2.38. The van der Waals surface area contributed by atoms with Gasteiger partial charge in [-0.15, -0.1) is 0 Å². The summed E-state index contributed by atoms with van der Waals surface area (Å²) in [7, 11) is 1.32. The molecule has 3 amide bonds. The SMILES string of the molecule is COC[C@H](c1cc2nc([C@@H](NC(=O)OC(C)(C)C)[C@@H](C)O[C@@H](C)C(F)(F)F)cn2nc1Cl)N1CC(F)(F)CNC1=O. The highest BCUT2D eigenvalue weighted by atomic mass is 35.5. The largest absolute Gasteiger partial charge is 0.444 e. The molecule has 1 fully saturated rings. The number of fused-ring (bicyclic) bond motifs is 1. The van der Waals surface area contributed by atoms with Gasteiger partial charge < -0.3 is 29.7 Å². The molecule has 1 aliphatic rings. The van der Waals surface area contributed by atoms with E-state index in [1.165, 1.54) is 30.8 Å². The molecule has 4 atom stereocenters. The molecule has 1 saturated heterocycles. The van der Waals surface area contributed by atoms with Crippen LogP contribution in [0.15, 0.2) is 12.3 Å². The first-order valence-electron chi connectivity index (χ1n) is 12.5. The van der Waals surface area contributed by atoms with E-state index in [0.29, 0.717) is 0 Å². The number of methoxy groups -OCH3 is 1. The number of urea groups is 1. The van der Waals surface area contributed by atoms with E-state index in [-0.39, 0.29) is 28.7 Å². The van der Waals surface area contributed by atoms with Gasteiger partial charge in [0, 0.05) is 12.7 Å². The number of aromatic nitrogens is 3. The molecule has 0 aromatic carbocycles. The molecule has 0 bridgehead atoms. The molecule has 2 aromatic rings. The van der Waals surface area contributed by atoms with E-state index in [9.17, 15) is 31.5 Å². The summed E-state index contributed by atoms with van der Waals surface area (Å²) in [5.74, 6) is -3.21. The molecule has 2 aromatic heterocycles. The molecule has 0 radical (unpaired) electrons. The second kappa shape index (κ2) is 12.1. The average Bonchev–Trinajstić information content (AvgIpc) is 3.22. The monoisotopic (exact) mass is 614 g/mol. The van der Waals surface area contributed by atoms with E-state index in [2.05, 4.69) is 20.7 Å². The number of nitrogens with zero attached hydrogens (tertiary/aromatic N) is 4. The third kappa shape index (κ3) is 8.29. The van der Waals surface area contributed by atoms with Gasteiger partial charge >= 0.3 is 18.3 Å². The van der Waals surface area contributed by atoms with E-state index in [4.69, 9.17) is 25.8 Å². The maximum atomic E-state index is 14.1. The number of alkyl halides is 5. The van der Waals surface area contributed by atoms with Crippen molar-refractivity contribution >= 4 is 29.4 Å². The Labute approximate surface area is 237 Å². The van der Waals surface area contributed by atoms with Crippen molar-refractivity contribution in [3.8, 4) is 0 Å². The number of rotatable bonds is 9. The summed E-state index contributed by atoms with van der Waals surface area (Å²) in [4.78, 5) is 30.3. The summed E-state index contributed by atoms with van der Waals surface area (Å²) >= 11 is 6.40. The molecule has 0 spiro atoms. The summed E-state index contributed by atoms with van der Waals surface area (Å²) < 4.78 is 84.7. The smallest absolute Gasteiger partial charge is 0.414 e. The fourth-order valence-corrected chi connectivity index (χ4v) is 4.36. The van der Waals surface area contributed by atoms with Crippen LogP contribution in [0.5, 0.6) is 0 Å². The van der Waals surface area contributed by atoms with Crippen molar-refractivity contribution in [1.82, 2.24) is 30.1 Å². The van der Waals surface area contributed by atoms with Gasteiger partial charge in [-0.05, 0) is 40.7 Å². The highest BCUT2D eigenvalue weighted by molar-refractivity contribution is 6.30. The molecule has 11 nitrogen and oxygen atoms in total. The van der Waals surface area contributed by atoms with Crippen molar-refractivity contribution in [1.29, 1.82) is 0 Å². The van der Waals surface area contributed by atoms with Crippen molar-refractivity contribution in [3.05, 3.63) is 28.7 Å². The van der Waals surface area contributed by atoms with Crippen molar-refractivity contribution < 1.29 is 45.8 Å². The number of imidazole rings is 1. The van der Waals surface area contributed by atoms with Crippen LogP contribution in [0.1, 0.15) is 58.0 Å². The molecule has 0 saturated carbocycles. The van der Waals surface area contributed by atoms with Crippen LogP contribution in [-0.2, 0) is 14.2 Å². The first-order chi connectivity index (χ1) is 18.8. The Balaban J connectivity index is 2.02. The average molecular weight is 615 g/mol. The Hall–Kier alpha value is -2.98. The molecule has 41 heavy (non-hydrogen) atoms. The number of hydrogen-bond acceptors (Lipinski definition) is 7. The number of hydrogen-bond donors (Lipinski definition) is 2. The van der Waals surface area contributed by atoms with E-state index in [1.807, 2.05) is 0 Å². The maximum absolute atomic E-state index is 14.1. The lowest BCUT2D eigenvalue weighted by atomic mass is 10.1. The lowest BCUT2D eigenvalue weighted by molar-refractivity contribution is -0.227. The normalized spacial score (nSPS) is 18.9. The van der Waals surface area contributed by atoms with Gasteiger partial charge in [0.1, 0.15) is 11.6 Å². The maximum Gasteiger partial charge on any atom is 0.414 e. The van der Waals surface area contributed by atoms with Crippen LogP contribution >= 0.6 is 11.6 Å². The minimum Gasteiger partial charge on any atom is -0.444 e. The van der Waals surface area contributed by atoms with E-state index in [0.717, 1.165) is 11.8 Å². The quantitative estimate of drug-likeness (QED) is 0.395. The van der Waals surface area contributed by atoms with Crippen molar-refractivity contribution in [2.45, 2.75) is 76.6 Å². The van der Waals surface area contributed by atoms with Crippen molar-refractivity contribution in [3.63, 3.8) is 0 Å². The molecular weight excluding hydrogens is 583 g/mol. The second-order valence-electron chi connectivity index (χ2n) is 10.6. The van der Waals surface area contributed by atoms with Crippen LogP contribution in [0.4, 0.5) is 31.5 Å². The number of halogens is 6. The third-order valence-electron chi connectivity index (χ3n) is 6.01. The van der Waals surface area contributed by atoms with Gasteiger partial charge in [-0.3, -0.25) is 0 Å². The molecule has 2 N–H and O–H groups in total. The topological polar surface area (TPSA) is 119 Å². The summed E-state index contributed by atoms with van der Waals surface area (Å²) in [5, 5.41) is 8.64. The molecular formula is C24H32ClF5N6O5. The zero-order chi connectivity index (χ0) is 30.9. The van der Waals surface area contributed by atoms with Crippen LogP contribution in [0, 0.1) is 0 Å². The van der Waals surface area contributed by atoms with Gasteiger partial charge in [0.25, 0.3) is 5.92 Å². The van der Waals surface area contributed by atoms with Crippen molar-refractivity contribution in [2.75, 3.05) is 26.8 Å². The van der Waals surface area contributed by atoms with Gasteiger partial charge in [-0.1, -0.05) is 11.6 Å². The predicted octanol–water partition coefficient (Wildman–Crippen LogP) is 4.65. The zero-order valence-electron chi connectivity index (χ0n) is 23.2. The molecule has 3 heterocycles. The minimum absolute atomic E-state index is 0.0454. The van der Waals surface area contributed by atoms with Gasteiger partial charge in [-0.2, -0.15) is 18.3 Å². The fourth-order valence-electron chi connectivity index (χ4n) is 4.10. The summed E-state index contributed by atoms with van der Waals surface area (Å²) in [6.07, 6.45) is -7.70. The lowest BCUT2D eigenvalue weighted by Crippen LogP contribution is -2.58. The fraction of sp³-hybridized carbons (Fsp3) is 0.667. The Morgan fingerprint density at radius 3 is 2.51 bits per heavy atom. The second-order valence-corrected chi connectivity index (χ2v) is 11.0. The van der Waals surface area contributed by atoms with Crippen LogP contribution in [0.2, 0.25) is 5.15 Å². The predicted molar refractivity (Wildman–Crippen MR) is 136 cm³/mol. The first kappa shape index (κ1) is 32.5. The minimum atomic E-state index is -4.67. The van der Waals surface area contributed by atoms with E-state index >= 15 is 0 Å². The summed E-state index contributed by atoms with van der Waals surface area (Å²) in [5.41, 5.74) is -0.632.